The third-order valence-corrected chi connectivity index (χ3v) is 0.666. The molecule has 0 saturated carbocycles. The highest BCUT2D eigenvalue weighted by molar-refractivity contribution is 4.71. The standard InChI is InChI=1S/C5H11NO/c1-6-4-2-3-5-7/h3,5-7H,2,4H2,1H3/b5-3-. The van der Waals surface area contributed by atoms with E-state index < -0.39 is 0 Å². The Labute approximate surface area is 43.9 Å². The van der Waals surface area contributed by atoms with Crippen LogP contribution in [0, 0.1) is 0 Å². The topological polar surface area (TPSA) is 32.3 Å². The van der Waals surface area contributed by atoms with Crippen molar-refractivity contribution < 1.29 is 5.11 Å². The predicted octanol–water partition coefficient (Wildman–Crippen LogP) is 0.668. The molecule has 42 valence electrons. The van der Waals surface area contributed by atoms with Crippen LogP contribution in [-0.2, 0) is 0 Å². The van der Waals surface area contributed by atoms with Gasteiger partial charge in [-0.25, -0.2) is 0 Å². The molecule has 0 aliphatic heterocycles. The van der Waals surface area contributed by atoms with Gasteiger partial charge in [0.05, 0.1) is 6.26 Å². The number of aliphatic hydroxyl groups excluding tert-OH is 1. The van der Waals surface area contributed by atoms with Crippen LogP contribution in [0.3, 0.4) is 0 Å². The SMILES string of the molecule is CNCC/C=C\O. The second kappa shape index (κ2) is 5.50. The molecule has 0 spiro atoms. The zero-order chi connectivity index (χ0) is 5.54. The van der Waals surface area contributed by atoms with Gasteiger partial charge in [0.2, 0.25) is 0 Å². The van der Waals surface area contributed by atoms with Crippen LogP contribution in [0.15, 0.2) is 12.3 Å². The minimum absolute atomic E-state index is 0.896. The number of hydrogen-bond donors (Lipinski definition) is 2. The van der Waals surface area contributed by atoms with E-state index in [9.17, 15) is 0 Å². The van der Waals surface area contributed by atoms with Crippen molar-refractivity contribution in [2.45, 2.75) is 6.42 Å². The average molecular weight is 101 g/mol. The lowest BCUT2D eigenvalue weighted by Gasteiger charge is -1.87. The molecule has 0 radical (unpaired) electrons. The number of hydrogen-bond acceptors (Lipinski definition) is 2. The minimum atomic E-state index is 0.896. The maximum absolute atomic E-state index is 8.08. The molecule has 0 amide bonds. The van der Waals surface area contributed by atoms with Crippen LogP contribution < -0.4 is 5.32 Å². The summed E-state index contributed by atoms with van der Waals surface area (Å²) in [6.45, 7) is 0.928. The van der Waals surface area contributed by atoms with Crippen LogP contribution in [0.1, 0.15) is 6.42 Å². The zero-order valence-electron chi connectivity index (χ0n) is 4.52. The molecule has 0 aromatic carbocycles. The molecule has 0 aliphatic carbocycles. The lowest BCUT2D eigenvalue weighted by atomic mass is 10.4. The molecule has 7 heavy (non-hydrogen) atoms. The molecule has 0 heterocycles. The van der Waals surface area contributed by atoms with Crippen LogP contribution in [-0.4, -0.2) is 18.7 Å². The van der Waals surface area contributed by atoms with Gasteiger partial charge in [-0.2, -0.15) is 0 Å². The van der Waals surface area contributed by atoms with Crippen molar-refractivity contribution in [3.05, 3.63) is 12.3 Å². The van der Waals surface area contributed by atoms with Crippen molar-refractivity contribution in [1.82, 2.24) is 5.32 Å². The number of aliphatic hydroxyl groups is 1. The lowest BCUT2D eigenvalue weighted by molar-refractivity contribution is 0.470. The van der Waals surface area contributed by atoms with Crippen LogP contribution in [0.2, 0.25) is 0 Å². The summed E-state index contributed by atoms with van der Waals surface area (Å²) in [6.07, 6.45) is 3.67. The Kier molecular flexibility index (Phi) is 5.11. The Balaban J connectivity index is 2.69. The van der Waals surface area contributed by atoms with E-state index in [1.807, 2.05) is 7.05 Å². The summed E-state index contributed by atoms with van der Waals surface area (Å²) in [5.74, 6) is 0. The highest BCUT2D eigenvalue weighted by Crippen LogP contribution is 1.74. The Bertz CT molecular complexity index is 52.0. The van der Waals surface area contributed by atoms with E-state index in [0.29, 0.717) is 0 Å². The van der Waals surface area contributed by atoms with Crippen molar-refractivity contribution >= 4 is 0 Å². The van der Waals surface area contributed by atoms with Gasteiger partial charge in [-0.05, 0) is 26.1 Å². The predicted molar refractivity (Wildman–Crippen MR) is 30.3 cm³/mol. The smallest absolute Gasteiger partial charge is 0.0752 e. The highest BCUT2D eigenvalue weighted by atomic mass is 16.2. The molecular formula is C5H11NO. The molecule has 0 atom stereocenters. The van der Waals surface area contributed by atoms with E-state index in [1.54, 1.807) is 6.08 Å². The molecule has 2 N–H and O–H groups in total. The molecule has 0 aromatic heterocycles. The molecule has 0 fully saturated rings. The van der Waals surface area contributed by atoms with Gasteiger partial charge in [0.25, 0.3) is 0 Å². The van der Waals surface area contributed by atoms with E-state index in [4.69, 9.17) is 5.11 Å². The molecule has 2 heteroatoms. The van der Waals surface area contributed by atoms with Gasteiger partial charge in [0.1, 0.15) is 0 Å². The van der Waals surface area contributed by atoms with Gasteiger partial charge in [-0.3, -0.25) is 0 Å². The monoisotopic (exact) mass is 101 g/mol. The van der Waals surface area contributed by atoms with Crippen molar-refractivity contribution in [2.24, 2.45) is 0 Å². The minimum Gasteiger partial charge on any atom is -0.516 e. The van der Waals surface area contributed by atoms with Crippen LogP contribution in [0.5, 0.6) is 0 Å². The largest absolute Gasteiger partial charge is 0.516 e. The maximum atomic E-state index is 8.08. The Morgan fingerprint density at radius 1 is 1.71 bits per heavy atom. The van der Waals surface area contributed by atoms with Gasteiger partial charge in [-0.15, -0.1) is 0 Å². The zero-order valence-corrected chi connectivity index (χ0v) is 4.52. The van der Waals surface area contributed by atoms with Crippen LogP contribution >= 0.6 is 0 Å². The van der Waals surface area contributed by atoms with E-state index in [-0.39, 0.29) is 0 Å². The van der Waals surface area contributed by atoms with Gasteiger partial charge in [-0.1, -0.05) is 0 Å². The lowest BCUT2D eigenvalue weighted by Crippen LogP contribution is -2.05. The first-order chi connectivity index (χ1) is 3.41. The van der Waals surface area contributed by atoms with Crippen LogP contribution in [0.4, 0.5) is 0 Å². The molecule has 0 unspecified atom stereocenters. The molecule has 0 aliphatic rings. The first kappa shape index (κ1) is 6.50. The summed E-state index contributed by atoms with van der Waals surface area (Å²) in [6, 6.07) is 0. The Hall–Kier alpha value is -0.500. The third kappa shape index (κ3) is 5.50. The molecule has 0 rings (SSSR count). The second-order valence-corrected chi connectivity index (χ2v) is 1.28. The molecule has 2 nitrogen and oxygen atoms in total. The first-order valence-electron chi connectivity index (χ1n) is 2.35. The van der Waals surface area contributed by atoms with Crippen LogP contribution in [0.25, 0.3) is 0 Å². The van der Waals surface area contributed by atoms with E-state index in [0.717, 1.165) is 19.2 Å². The Morgan fingerprint density at radius 2 is 2.43 bits per heavy atom. The van der Waals surface area contributed by atoms with E-state index >= 15 is 0 Å². The fraction of sp³-hybridized carbons (Fsp3) is 0.600. The highest BCUT2D eigenvalue weighted by Gasteiger charge is 1.71. The molecule has 0 bridgehead atoms. The van der Waals surface area contributed by atoms with Gasteiger partial charge in [0.15, 0.2) is 0 Å². The summed E-state index contributed by atoms with van der Waals surface area (Å²) < 4.78 is 0. The van der Waals surface area contributed by atoms with E-state index in [2.05, 4.69) is 5.32 Å². The summed E-state index contributed by atoms with van der Waals surface area (Å²) in [5, 5.41) is 11.0. The Morgan fingerprint density at radius 3 is 2.86 bits per heavy atom. The summed E-state index contributed by atoms with van der Waals surface area (Å²) >= 11 is 0. The fourth-order valence-corrected chi connectivity index (χ4v) is 0.302. The summed E-state index contributed by atoms with van der Waals surface area (Å²) in [7, 11) is 1.88. The van der Waals surface area contributed by atoms with Crippen molar-refractivity contribution in [2.75, 3.05) is 13.6 Å². The molecule has 0 saturated heterocycles. The molecular weight excluding hydrogens is 90.1 g/mol. The fourth-order valence-electron chi connectivity index (χ4n) is 0.302. The van der Waals surface area contributed by atoms with Crippen molar-refractivity contribution in [3.63, 3.8) is 0 Å². The van der Waals surface area contributed by atoms with Gasteiger partial charge in [0, 0.05) is 0 Å². The van der Waals surface area contributed by atoms with Gasteiger partial charge >= 0.3 is 0 Å². The van der Waals surface area contributed by atoms with Crippen molar-refractivity contribution in [3.8, 4) is 0 Å². The second-order valence-electron chi connectivity index (χ2n) is 1.28. The quantitative estimate of drug-likeness (QED) is 0.404. The summed E-state index contributed by atoms with van der Waals surface area (Å²) in [5.41, 5.74) is 0. The third-order valence-electron chi connectivity index (χ3n) is 0.666. The average Bonchev–Trinajstić information content (AvgIpc) is 1.69. The first-order valence-corrected chi connectivity index (χ1v) is 2.35. The van der Waals surface area contributed by atoms with Crippen molar-refractivity contribution in [1.29, 1.82) is 0 Å². The number of rotatable bonds is 3. The maximum Gasteiger partial charge on any atom is 0.0752 e. The van der Waals surface area contributed by atoms with E-state index in [1.165, 1.54) is 0 Å². The van der Waals surface area contributed by atoms with Gasteiger partial charge < -0.3 is 10.4 Å². The molecule has 0 aromatic rings. The normalized spacial score (nSPS) is 10.4. The summed E-state index contributed by atoms with van der Waals surface area (Å²) in [4.78, 5) is 0. The number of nitrogens with one attached hydrogen (secondary N) is 1.